The van der Waals surface area contributed by atoms with Crippen molar-refractivity contribution in [1.82, 2.24) is 0 Å². The Hall–Kier alpha value is -3.12. The van der Waals surface area contributed by atoms with E-state index in [0.717, 1.165) is 64.2 Å². The molecule has 0 aromatic heterocycles. The molecule has 10 nitrogen and oxygen atoms in total. The Labute approximate surface area is 369 Å². The summed E-state index contributed by atoms with van der Waals surface area (Å²) in [5, 5.41) is 40.1. The number of allylic oxidation sites excluding steroid dienone is 14. The number of ether oxygens (including phenoxy) is 4. The van der Waals surface area contributed by atoms with Crippen LogP contribution in [0, 0.1) is 0 Å². The van der Waals surface area contributed by atoms with Gasteiger partial charge in [0.1, 0.15) is 31.0 Å². The normalized spacial score (nSPS) is 20.5. The second-order valence-corrected chi connectivity index (χ2v) is 15.8. The number of carbonyl (C=O) groups is 2. The van der Waals surface area contributed by atoms with Gasteiger partial charge < -0.3 is 39.4 Å². The minimum absolute atomic E-state index is 0.0998. The SMILES string of the molecule is CC/C=C/C/C=C/C/C=C/C/C=C/C/C=C/C/C=C/CCC(=O)O[C@H](COC(=O)CCCCCCCCC/C=C/CCCCCCCC)CO[C@@H]1O[C@H](CO)[C@H](O)C(O)C1O. The number of unbranched alkanes of at least 4 members (excludes halogenated alkanes) is 13. The maximum atomic E-state index is 12.8. The van der Waals surface area contributed by atoms with Crippen molar-refractivity contribution in [2.24, 2.45) is 0 Å². The average Bonchev–Trinajstić information content (AvgIpc) is 3.26. The van der Waals surface area contributed by atoms with Crippen molar-refractivity contribution < 1.29 is 49.0 Å². The quantitative estimate of drug-likeness (QED) is 0.0268. The first-order valence-electron chi connectivity index (χ1n) is 23.7. The fourth-order valence-electron chi connectivity index (χ4n) is 6.56. The van der Waals surface area contributed by atoms with Crippen LogP contribution in [0.15, 0.2) is 85.1 Å². The standard InChI is InChI=1S/C51H84O10/c1-3-5-7-9-11-13-15-17-19-21-22-24-26-28-30-32-34-36-38-40-47(54)60-44(43-59-51-50(57)49(56)48(55)45(41-52)61-51)42-58-46(53)39-37-35-33-31-29-27-25-23-20-18-16-14-12-10-8-6-4-2/h5,7,11,13,17-20,22,24,28,30,34,36,44-45,48-52,55-57H,3-4,6,8-10,12,14-16,21,23,25-27,29,31-33,35,37-43H2,1-2H3/b7-5+,13-11+,19-17+,20-18+,24-22+,30-28+,36-34+/t44-,45-,48+,49?,50?,51-/m1/s1. The smallest absolute Gasteiger partial charge is 0.306 e. The Kier molecular flexibility index (Phi) is 37.5. The van der Waals surface area contributed by atoms with E-state index in [0.29, 0.717) is 12.8 Å². The maximum absolute atomic E-state index is 12.8. The molecule has 348 valence electrons. The van der Waals surface area contributed by atoms with Crippen molar-refractivity contribution in [3.05, 3.63) is 85.1 Å². The van der Waals surface area contributed by atoms with Gasteiger partial charge in [-0.3, -0.25) is 9.59 Å². The molecule has 1 aliphatic heterocycles. The molecule has 1 saturated heterocycles. The maximum Gasteiger partial charge on any atom is 0.306 e. The third-order valence-electron chi connectivity index (χ3n) is 10.3. The molecule has 1 heterocycles. The molecule has 1 aliphatic rings. The zero-order valence-electron chi connectivity index (χ0n) is 37.9. The van der Waals surface area contributed by atoms with Crippen LogP contribution in [-0.2, 0) is 28.5 Å². The molecule has 6 atom stereocenters. The molecule has 61 heavy (non-hydrogen) atoms. The predicted octanol–water partition coefficient (Wildman–Crippen LogP) is 10.6. The summed E-state index contributed by atoms with van der Waals surface area (Å²) >= 11 is 0. The van der Waals surface area contributed by atoms with Gasteiger partial charge in [-0.05, 0) is 77.0 Å². The van der Waals surface area contributed by atoms with E-state index >= 15 is 0 Å². The van der Waals surface area contributed by atoms with Crippen molar-refractivity contribution >= 4 is 11.9 Å². The predicted molar refractivity (Wildman–Crippen MR) is 247 cm³/mol. The Morgan fingerprint density at radius 2 is 1.00 bits per heavy atom. The van der Waals surface area contributed by atoms with Crippen molar-refractivity contribution in [1.29, 1.82) is 0 Å². The Morgan fingerprint density at radius 3 is 1.52 bits per heavy atom. The van der Waals surface area contributed by atoms with E-state index in [-0.39, 0.29) is 26.1 Å². The molecule has 1 fully saturated rings. The van der Waals surface area contributed by atoms with Crippen molar-refractivity contribution in [2.45, 2.75) is 205 Å². The van der Waals surface area contributed by atoms with Gasteiger partial charge in [-0.1, -0.05) is 163 Å². The molecule has 0 radical (unpaired) electrons. The molecule has 0 saturated carbocycles. The second-order valence-electron chi connectivity index (χ2n) is 15.8. The highest BCUT2D eigenvalue weighted by Gasteiger charge is 2.44. The Balaban J connectivity index is 2.38. The summed E-state index contributed by atoms with van der Waals surface area (Å²) in [5.74, 6) is -0.915. The van der Waals surface area contributed by atoms with Crippen LogP contribution >= 0.6 is 0 Å². The zero-order chi connectivity index (χ0) is 44.4. The summed E-state index contributed by atoms with van der Waals surface area (Å²) in [6.45, 7) is 3.22. The van der Waals surface area contributed by atoms with Gasteiger partial charge in [0.2, 0.25) is 0 Å². The molecular weight excluding hydrogens is 773 g/mol. The number of esters is 2. The molecule has 0 bridgehead atoms. The summed E-state index contributed by atoms with van der Waals surface area (Å²) in [6.07, 6.45) is 46.0. The summed E-state index contributed by atoms with van der Waals surface area (Å²) < 4.78 is 22.1. The fourth-order valence-corrected chi connectivity index (χ4v) is 6.56. The summed E-state index contributed by atoms with van der Waals surface area (Å²) in [4.78, 5) is 25.3. The average molecular weight is 857 g/mol. The number of aliphatic hydroxyl groups excluding tert-OH is 4. The number of carbonyl (C=O) groups excluding carboxylic acids is 2. The highest BCUT2D eigenvalue weighted by molar-refractivity contribution is 5.70. The van der Waals surface area contributed by atoms with Gasteiger partial charge in [0.15, 0.2) is 12.4 Å². The lowest BCUT2D eigenvalue weighted by Crippen LogP contribution is -2.59. The molecule has 4 N–H and O–H groups in total. The number of hydrogen-bond acceptors (Lipinski definition) is 10. The molecule has 0 aromatic rings. The third kappa shape index (κ3) is 32.3. The number of aliphatic hydroxyl groups is 4. The Bertz CT molecular complexity index is 1270. The van der Waals surface area contributed by atoms with Crippen LogP contribution in [0.2, 0.25) is 0 Å². The van der Waals surface area contributed by atoms with Crippen LogP contribution < -0.4 is 0 Å². The lowest BCUT2D eigenvalue weighted by molar-refractivity contribution is -0.305. The van der Waals surface area contributed by atoms with E-state index in [1.165, 1.54) is 64.2 Å². The molecule has 10 heteroatoms. The molecule has 1 rings (SSSR count). The van der Waals surface area contributed by atoms with Crippen LogP contribution in [0.4, 0.5) is 0 Å². The van der Waals surface area contributed by atoms with E-state index in [9.17, 15) is 30.0 Å². The minimum atomic E-state index is -1.61. The largest absolute Gasteiger partial charge is 0.462 e. The minimum Gasteiger partial charge on any atom is -0.462 e. The van der Waals surface area contributed by atoms with Gasteiger partial charge in [-0.2, -0.15) is 0 Å². The third-order valence-corrected chi connectivity index (χ3v) is 10.3. The molecule has 0 spiro atoms. The van der Waals surface area contributed by atoms with Crippen LogP contribution in [0.25, 0.3) is 0 Å². The summed E-state index contributed by atoms with van der Waals surface area (Å²) in [5.41, 5.74) is 0. The van der Waals surface area contributed by atoms with E-state index < -0.39 is 55.4 Å². The highest BCUT2D eigenvalue weighted by Crippen LogP contribution is 2.22. The first kappa shape index (κ1) is 55.9. The molecule has 0 aromatic carbocycles. The van der Waals surface area contributed by atoms with Crippen molar-refractivity contribution in [3.8, 4) is 0 Å². The van der Waals surface area contributed by atoms with Crippen LogP contribution in [-0.4, -0.2) is 89.0 Å². The van der Waals surface area contributed by atoms with Gasteiger partial charge in [0.05, 0.1) is 13.2 Å². The topological polar surface area (TPSA) is 152 Å². The molecule has 0 amide bonds. The number of hydrogen-bond donors (Lipinski definition) is 4. The van der Waals surface area contributed by atoms with E-state index in [1.54, 1.807) is 0 Å². The lowest BCUT2D eigenvalue weighted by Gasteiger charge is -2.39. The van der Waals surface area contributed by atoms with Crippen LogP contribution in [0.5, 0.6) is 0 Å². The first-order valence-corrected chi connectivity index (χ1v) is 23.7. The Morgan fingerprint density at radius 1 is 0.525 bits per heavy atom. The van der Waals surface area contributed by atoms with E-state index in [2.05, 4.69) is 86.8 Å². The van der Waals surface area contributed by atoms with Gasteiger partial charge in [0, 0.05) is 12.8 Å². The zero-order valence-corrected chi connectivity index (χ0v) is 37.9. The molecular formula is C51H84O10. The summed E-state index contributed by atoms with van der Waals surface area (Å²) in [7, 11) is 0. The van der Waals surface area contributed by atoms with Gasteiger partial charge in [-0.25, -0.2) is 0 Å². The van der Waals surface area contributed by atoms with Crippen LogP contribution in [0.3, 0.4) is 0 Å². The van der Waals surface area contributed by atoms with E-state index in [4.69, 9.17) is 18.9 Å². The lowest BCUT2D eigenvalue weighted by atomic mass is 9.99. The van der Waals surface area contributed by atoms with Gasteiger partial charge in [0.25, 0.3) is 0 Å². The molecule has 2 unspecified atom stereocenters. The van der Waals surface area contributed by atoms with Crippen molar-refractivity contribution in [2.75, 3.05) is 19.8 Å². The van der Waals surface area contributed by atoms with Gasteiger partial charge in [-0.15, -0.1) is 0 Å². The van der Waals surface area contributed by atoms with Gasteiger partial charge >= 0.3 is 11.9 Å². The van der Waals surface area contributed by atoms with E-state index in [1.807, 2.05) is 12.2 Å². The first-order chi connectivity index (χ1) is 29.8. The number of rotatable bonds is 38. The van der Waals surface area contributed by atoms with Crippen LogP contribution in [0.1, 0.15) is 168 Å². The van der Waals surface area contributed by atoms with Crippen molar-refractivity contribution in [3.63, 3.8) is 0 Å². The monoisotopic (exact) mass is 857 g/mol. The highest BCUT2D eigenvalue weighted by atomic mass is 16.7. The second kappa shape index (κ2) is 40.9. The fraction of sp³-hybridized carbons (Fsp3) is 0.686. The molecule has 0 aliphatic carbocycles. The summed E-state index contributed by atoms with van der Waals surface area (Å²) in [6, 6.07) is 0.